The van der Waals surface area contributed by atoms with E-state index in [0.717, 1.165) is 55.9 Å². The first-order chi connectivity index (χ1) is 27.0. The van der Waals surface area contributed by atoms with E-state index in [0.29, 0.717) is 12.3 Å². The summed E-state index contributed by atoms with van der Waals surface area (Å²) in [5.74, 6) is -0.466. The summed E-state index contributed by atoms with van der Waals surface area (Å²) < 4.78 is 24.2. The number of hydrogen-bond donors (Lipinski definition) is 11. The Morgan fingerprint density at radius 2 is 1.35 bits per heavy atom. The zero-order chi connectivity index (χ0) is 42.0. The fourth-order valence-corrected chi connectivity index (χ4v) is 7.50. The second kappa shape index (κ2) is 21.9. The number of H-pyrrole nitrogens is 1. The number of carbonyl (C=O) groups excluding carboxylic acids is 2. The van der Waals surface area contributed by atoms with Gasteiger partial charge in [-0.15, -0.1) is 0 Å². The third-order valence-corrected chi connectivity index (χ3v) is 10.7. The van der Waals surface area contributed by atoms with Crippen molar-refractivity contribution >= 4 is 11.8 Å². The van der Waals surface area contributed by atoms with Gasteiger partial charge < -0.3 is 70.4 Å². The Labute approximate surface area is 330 Å². The first-order valence-corrected chi connectivity index (χ1v) is 19.9. The number of aliphatic hydroxyl groups is 8. The molecule has 3 fully saturated rings. The molecule has 0 spiro atoms. The van der Waals surface area contributed by atoms with E-state index in [1.807, 2.05) is 4.98 Å². The molecule has 0 unspecified atom stereocenters. The molecular weight excluding hydrogens is 756 g/mol. The zero-order valence-corrected chi connectivity index (χ0v) is 32.7. The van der Waals surface area contributed by atoms with Crippen LogP contribution < -0.4 is 21.9 Å². The minimum atomic E-state index is -1.82. The van der Waals surface area contributed by atoms with E-state index in [-0.39, 0.29) is 6.42 Å². The number of carbonyl (C=O) groups is 2. The molecule has 20 heteroatoms. The average molecular weight is 819 g/mol. The average Bonchev–Trinajstić information content (AvgIpc) is 3.45. The highest BCUT2D eigenvalue weighted by Gasteiger charge is 2.53. The van der Waals surface area contributed by atoms with Crippen molar-refractivity contribution in [3.63, 3.8) is 0 Å². The van der Waals surface area contributed by atoms with E-state index < -0.39 is 128 Å². The molecule has 3 aliphatic heterocycles. The minimum Gasteiger partial charge on any atom is -0.394 e. The van der Waals surface area contributed by atoms with Crippen LogP contribution in [-0.4, -0.2) is 155 Å². The molecule has 3 saturated heterocycles. The second-order valence-electron chi connectivity index (χ2n) is 15.7. The maximum atomic E-state index is 13.2. The van der Waals surface area contributed by atoms with Crippen molar-refractivity contribution in [1.29, 1.82) is 0 Å². The molecule has 0 aromatic carbocycles. The Kier molecular flexibility index (Phi) is 18.0. The van der Waals surface area contributed by atoms with Gasteiger partial charge in [0.2, 0.25) is 11.8 Å². The summed E-state index contributed by atoms with van der Waals surface area (Å²) in [5.41, 5.74) is -1.68. The summed E-state index contributed by atoms with van der Waals surface area (Å²) in [5, 5.41) is 91.5. The molecule has 2 amide bonds. The first-order valence-electron chi connectivity index (χ1n) is 19.9. The molecule has 15 atom stereocenters. The molecule has 57 heavy (non-hydrogen) atoms. The molecule has 4 heterocycles. The number of amides is 2. The summed E-state index contributed by atoms with van der Waals surface area (Å²) in [7, 11) is 0. The van der Waals surface area contributed by atoms with Crippen LogP contribution in [-0.2, 0) is 28.5 Å². The summed E-state index contributed by atoms with van der Waals surface area (Å²) >= 11 is 0. The first kappa shape index (κ1) is 46.8. The van der Waals surface area contributed by atoms with Gasteiger partial charge in [-0.25, -0.2) is 4.79 Å². The van der Waals surface area contributed by atoms with Gasteiger partial charge in [-0.05, 0) is 12.3 Å². The topological polar surface area (TPSA) is 312 Å². The van der Waals surface area contributed by atoms with E-state index in [1.54, 1.807) is 0 Å². The van der Waals surface area contributed by atoms with Crippen LogP contribution in [0.4, 0.5) is 0 Å². The molecule has 326 valence electrons. The number of ether oxygens (including phenoxy) is 4. The molecule has 0 radical (unpaired) electrons. The molecule has 0 bridgehead atoms. The van der Waals surface area contributed by atoms with Gasteiger partial charge in [-0.2, -0.15) is 0 Å². The predicted octanol–water partition coefficient (Wildman–Crippen LogP) is -2.64. The third-order valence-electron chi connectivity index (χ3n) is 10.7. The van der Waals surface area contributed by atoms with Crippen molar-refractivity contribution < 1.29 is 69.4 Å². The molecular formula is C37H62N4O16. The Morgan fingerprint density at radius 3 is 1.93 bits per heavy atom. The highest BCUT2D eigenvalue weighted by Crippen LogP contribution is 2.34. The van der Waals surface area contributed by atoms with Gasteiger partial charge in [-0.1, -0.05) is 65.2 Å². The van der Waals surface area contributed by atoms with Crippen molar-refractivity contribution in [1.82, 2.24) is 20.2 Å². The number of aromatic nitrogens is 2. The van der Waals surface area contributed by atoms with Gasteiger partial charge in [0, 0.05) is 32.0 Å². The van der Waals surface area contributed by atoms with Crippen LogP contribution in [0, 0.1) is 5.92 Å². The number of nitrogens with one attached hydrogen (secondary N) is 3. The van der Waals surface area contributed by atoms with Crippen LogP contribution in [0.25, 0.3) is 0 Å². The van der Waals surface area contributed by atoms with E-state index >= 15 is 0 Å². The van der Waals surface area contributed by atoms with E-state index in [9.17, 15) is 60.0 Å². The lowest BCUT2D eigenvalue weighted by atomic mass is 9.91. The quantitative estimate of drug-likeness (QED) is 0.0599. The van der Waals surface area contributed by atoms with E-state index in [4.69, 9.17) is 18.9 Å². The van der Waals surface area contributed by atoms with Gasteiger partial charge in [0.05, 0.1) is 18.8 Å². The van der Waals surface area contributed by atoms with Crippen molar-refractivity contribution in [3.8, 4) is 0 Å². The van der Waals surface area contributed by atoms with Crippen molar-refractivity contribution in [2.24, 2.45) is 5.92 Å². The van der Waals surface area contributed by atoms with Gasteiger partial charge in [0.25, 0.3) is 5.56 Å². The molecule has 1 aromatic rings. The number of aromatic amines is 1. The Balaban J connectivity index is 1.46. The lowest BCUT2D eigenvalue weighted by Gasteiger charge is -2.47. The SMILES string of the molecule is CC(=O)N[C@@H]1[C@H](O[C@@H]2O[C@H](C[C@@H](O)[C@H]3O[C@@H](n4ccc(=O)[nH]c4=O)[C@H](O)[C@@H]3O)[C@H](O)[C@H](O)[C@H]2NC(=O)CCCCCCCCCCC(C)C)O[C@@H](CO)[C@H](O)[C@H]1O. The Bertz CT molecular complexity index is 1530. The lowest BCUT2D eigenvalue weighted by Crippen LogP contribution is -2.69. The predicted molar refractivity (Wildman–Crippen MR) is 198 cm³/mol. The monoisotopic (exact) mass is 818 g/mol. The Morgan fingerprint density at radius 1 is 0.789 bits per heavy atom. The van der Waals surface area contributed by atoms with Crippen LogP contribution in [0.15, 0.2) is 21.9 Å². The summed E-state index contributed by atoms with van der Waals surface area (Å²) in [4.78, 5) is 51.1. The minimum absolute atomic E-state index is 0.0628. The van der Waals surface area contributed by atoms with Gasteiger partial charge in [0.1, 0.15) is 60.9 Å². The zero-order valence-electron chi connectivity index (χ0n) is 32.7. The van der Waals surface area contributed by atoms with Gasteiger partial charge in [0.15, 0.2) is 18.8 Å². The largest absolute Gasteiger partial charge is 0.394 e. The normalized spacial score (nSPS) is 34.9. The summed E-state index contributed by atoms with van der Waals surface area (Å²) in [6.45, 7) is 4.79. The molecule has 1 aromatic heterocycles. The van der Waals surface area contributed by atoms with Crippen molar-refractivity contribution in [3.05, 3.63) is 33.1 Å². The van der Waals surface area contributed by atoms with Crippen LogP contribution >= 0.6 is 0 Å². The Hall–Kier alpha value is -2.86. The molecule has 3 aliphatic rings. The third kappa shape index (κ3) is 12.6. The molecule has 0 aliphatic carbocycles. The fraction of sp³-hybridized carbons (Fsp3) is 0.838. The van der Waals surface area contributed by atoms with Crippen molar-refractivity contribution in [2.75, 3.05) is 6.61 Å². The van der Waals surface area contributed by atoms with E-state index in [1.165, 1.54) is 19.3 Å². The highest BCUT2D eigenvalue weighted by molar-refractivity contribution is 5.76. The molecule has 4 rings (SSSR count). The fourth-order valence-electron chi connectivity index (χ4n) is 7.50. The standard InChI is InChI=1S/C37H62N4O16/c1-18(2)12-10-8-6-4-5-7-9-11-13-23(45)39-26-30(50)27(47)21(54-36(26)57-35-25(38-19(3)43)29(49)28(48)22(17-42)55-35)16-20(44)33-31(51)32(52)34(56-33)41-15-14-24(46)40-37(41)53/h14-15,18,20-22,25-36,42,44,47-52H,4-13,16-17H2,1-3H3,(H,38,43)(H,39,45)(H,40,46,53)/t20-,21-,22+,25+,26-,27+,28+,29+,30-,31+,32-,33-,34-,35+,36+/m1/s1. The maximum Gasteiger partial charge on any atom is 0.330 e. The maximum absolute atomic E-state index is 13.2. The van der Waals surface area contributed by atoms with Crippen LogP contribution in [0.1, 0.15) is 97.6 Å². The van der Waals surface area contributed by atoms with Crippen LogP contribution in [0.5, 0.6) is 0 Å². The molecule has 0 saturated carbocycles. The number of rotatable bonds is 20. The smallest absolute Gasteiger partial charge is 0.330 e. The summed E-state index contributed by atoms with van der Waals surface area (Å²) in [6.07, 6.45) is -11.9. The highest BCUT2D eigenvalue weighted by atomic mass is 16.8. The van der Waals surface area contributed by atoms with Crippen LogP contribution in [0.2, 0.25) is 0 Å². The molecule has 20 nitrogen and oxygen atoms in total. The number of aliphatic hydroxyl groups excluding tert-OH is 8. The number of unbranched alkanes of at least 4 members (excludes halogenated alkanes) is 7. The van der Waals surface area contributed by atoms with Crippen LogP contribution in [0.3, 0.4) is 0 Å². The number of hydrogen-bond acceptors (Lipinski definition) is 16. The van der Waals surface area contributed by atoms with E-state index in [2.05, 4.69) is 24.5 Å². The number of nitrogens with zero attached hydrogens (tertiary/aromatic N) is 1. The summed E-state index contributed by atoms with van der Waals surface area (Å²) in [6, 6.07) is -1.94. The lowest BCUT2D eigenvalue weighted by molar-refractivity contribution is -0.347. The second-order valence-corrected chi connectivity index (χ2v) is 15.7. The molecule has 11 N–H and O–H groups in total. The van der Waals surface area contributed by atoms with Crippen molar-refractivity contribution in [2.45, 2.75) is 183 Å². The van der Waals surface area contributed by atoms with Gasteiger partial charge in [-0.3, -0.25) is 23.9 Å². The van der Waals surface area contributed by atoms with Gasteiger partial charge >= 0.3 is 5.69 Å².